The first-order chi connectivity index (χ1) is 11.1. The maximum Gasteiger partial charge on any atom is 0.174 e. The smallest absolute Gasteiger partial charge is 0.174 e. The zero-order valence-electron chi connectivity index (χ0n) is 12.9. The maximum atomic E-state index is 6.07. The molecule has 0 radical (unpaired) electrons. The van der Waals surface area contributed by atoms with Crippen LogP contribution in [0.2, 0.25) is 5.02 Å². The molecule has 0 amide bonds. The molecule has 0 aromatic heterocycles. The molecule has 0 fully saturated rings. The van der Waals surface area contributed by atoms with Crippen LogP contribution in [-0.4, -0.2) is 27.5 Å². The van der Waals surface area contributed by atoms with Crippen LogP contribution in [0.5, 0.6) is 17.2 Å². The normalized spacial score (nSPS) is 10.7. The molecule has 0 unspecified atom stereocenters. The topological polar surface area (TPSA) is 52.1 Å². The fraction of sp³-hybridized carbons (Fsp3) is 0.188. The lowest BCUT2D eigenvalue weighted by molar-refractivity contribution is 0.353. The molecule has 1 N–H and O–H groups in total. The van der Waals surface area contributed by atoms with E-state index in [0.29, 0.717) is 22.3 Å². The second-order valence-corrected chi connectivity index (χ2v) is 5.72. The molecule has 0 saturated heterocycles. The van der Waals surface area contributed by atoms with Crippen LogP contribution in [-0.2, 0) is 0 Å². The van der Waals surface area contributed by atoms with Crippen molar-refractivity contribution in [2.45, 2.75) is 0 Å². The van der Waals surface area contributed by atoms with Crippen molar-refractivity contribution in [3.8, 4) is 17.2 Å². The van der Waals surface area contributed by atoms with E-state index in [-0.39, 0.29) is 0 Å². The van der Waals surface area contributed by atoms with Crippen molar-refractivity contribution in [1.82, 2.24) is 0 Å². The molecule has 122 valence electrons. The zero-order valence-corrected chi connectivity index (χ0v) is 15.2. The van der Waals surface area contributed by atoms with Crippen molar-refractivity contribution in [1.29, 1.82) is 0 Å². The summed E-state index contributed by atoms with van der Waals surface area (Å²) in [5.74, 6) is 1.88. The number of ether oxygens (including phenoxy) is 3. The van der Waals surface area contributed by atoms with Crippen LogP contribution in [0.1, 0.15) is 5.56 Å². The van der Waals surface area contributed by atoms with Gasteiger partial charge in [0.25, 0.3) is 0 Å². The third kappa shape index (κ3) is 4.30. The average molecular weight is 400 g/mol. The molecule has 0 aliphatic carbocycles. The van der Waals surface area contributed by atoms with Gasteiger partial charge in [0, 0.05) is 0 Å². The minimum Gasteiger partial charge on any atom is -0.495 e. The maximum absolute atomic E-state index is 6.07. The number of methoxy groups -OCH3 is 3. The van der Waals surface area contributed by atoms with Gasteiger partial charge in [-0.25, -0.2) is 0 Å². The first-order valence-electron chi connectivity index (χ1n) is 6.63. The van der Waals surface area contributed by atoms with E-state index in [1.54, 1.807) is 39.7 Å². The summed E-state index contributed by atoms with van der Waals surface area (Å²) in [4.78, 5) is 0. The lowest BCUT2D eigenvalue weighted by Crippen LogP contribution is -1.95. The van der Waals surface area contributed by atoms with E-state index in [0.717, 1.165) is 15.7 Å². The van der Waals surface area contributed by atoms with Crippen molar-refractivity contribution < 1.29 is 14.2 Å². The Morgan fingerprint density at radius 3 is 2.39 bits per heavy atom. The first kappa shape index (κ1) is 17.4. The predicted octanol–water partition coefficient (Wildman–Crippen LogP) is 4.57. The first-order valence-corrected chi connectivity index (χ1v) is 7.80. The monoisotopic (exact) mass is 398 g/mol. The molecule has 7 heteroatoms. The van der Waals surface area contributed by atoms with Gasteiger partial charge < -0.3 is 14.2 Å². The van der Waals surface area contributed by atoms with Crippen molar-refractivity contribution in [2.75, 3.05) is 26.8 Å². The van der Waals surface area contributed by atoms with Gasteiger partial charge in [0.2, 0.25) is 0 Å². The number of hydrogen-bond acceptors (Lipinski definition) is 5. The number of benzene rings is 2. The summed E-state index contributed by atoms with van der Waals surface area (Å²) in [6.45, 7) is 0. The third-order valence-corrected chi connectivity index (χ3v) is 3.90. The van der Waals surface area contributed by atoms with E-state index >= 15 is 0 Å². The van der Waals surface area contributed by atoms with Gasteiger partial charge in [0.15, 0.2) is 11.5 Å². The van der Waals surface area contributed by atoms with Crippen molar-refractivity contribution in [3.63, 3.8) is 0 Å². The van der Waals surface area contributed by atoms with E-state index in [2.05, 4.69) is 26.5 Å². The predicted molar refractivity (Wildman–Crippen MR) is 96.5 cm³/mol. The van der Waals surface area contributed by atoms with Gasteiger partial charge in [-0.2, -0.15) is 5.10 Å². The summed E-state index contributed by atoms with van der Waals surface area (Å²) in [7, 11) is 4.75. The summed E-state index contributed by atoms with van der Waals surface area (Å²) >= 11 is 9.51. The Morgan fingerprint density at radius 2 is 1.78 bits per heavy atom. The number of rotatable bonds is 6. The molecule has 0 aliphatic heterocycles. The Labute approximate surface area is 148 Å². The molecular weight excluding hydrogens is 384 g/mol. The van der Waals surface area contributed by atoms with E-state index in [1.807, 2.05) is 18.2 Å². The summed E-state index contributed by atoms with van der Waals surface area (Å²) in [6, 6.07) is 9.05. The third-order valence-electron chi connectivity index (χ3n) is 3.01. The van der Waals surface area contributed by atoms with Gasteiger partial charge in [-0.15, -0.1) is 0 Å². The Balaban J connectivity index is 2.14. The van der Waals surface area contributed by atoms with Crippen LogP contribution in [0.25, 0.3) is 0 Å². The highest BCUT2D eigenvalue weighted by Crippen LogP contribution is 2.35. The molecule has 5 nitrogen and oxygen atoms in total. The number of hydrogen-bond donors (Lipinski definition) is 1. The van der Waals surface area contributed by atoms with Crippen LogP contribution in [0.15, 0.2) is 39.9 Å². The average Bonchev–Trinajstić information content (AvgIpc) is 2.54. The molecule has 0 bridgehead atoms. The SMILES string of the molecule is COc1ccc(N/N=C/c2cc(Br)c(OC)c(OC)c2)cc1Cl. The highest BCUT2D eigenvalue weighted by atomic mass is 79.9. The molecule has 2 rings (SSSR count). The van der Waals surface area contributed by atoms with E-state index in [9.17, 15) is 0 Å². The van der Waals surface area contributed by atoms with Crippen LogP contribution in [0.4, 0.5) is 5.69 Å². The molecular formula is C16H16BrClN2O3. The lowest BCUT2D eigenvalue weighted by atomic mass is 10.2. The van der Waals surface area contributed by atoms with Crippen LogP contribution in [0.3, 0.4) is 0 Å². The minimum absolute atomic E-state index is 0.515. The number of halogens is 2. The molecule has 0 heterocycles. The number of nitrogens with one attached hydrogen (secondary N) is 1. The van der Waals surface area contributed by atoms with Crippen LogP contribution >= 0.6 is 27.5 Å². The molecule has 0 spiro atoms. The van der Waals surface area contributed by atoms with E-state index in [1.165, 1.54) is 0 Å². The standard InChI is InChI=1S/C16H16BrClN2O3/c1-21-14-5-4-11(8-13(14)18)20-19-9-10-6-12(17)16(23-3)15(7-10)22-2/h4-9,20H,1-3H3/b19-9+. The van der Waals surface area contributed by atoms with Gasteiger partial charge >= 0.3 is 0 Å². The van der Waals surface area contributed by atoms with E-state index in [4.69, 9.17) is 25.8 Å². The van der Waals surface area contributed by atoms with Gasteiger partial charge in [0.05, 0.1) is 42.7 Å². The van der Waals surface area contributed by atoms with Crippen molar-refractivity contribution in [3.05, 3.63) is 45.4 Å². The molecule has 0 aliphatic rings. The highest BCUT2D eigenvalue weighted by Gasteiger charge is 2.09. The fourth-order valence-electron chi connectivity index (χ4n) is 1.93. The van der Waals surface area contributed by atoms with E-state index < -0.39 is 0 Å². The van der Waals surface area contributed by atoms with Gasteiger partial charge in [-0.3, -0.25) is 5.43 Å². The Kier molecular flexibility index (Phi) is 6.12. The summed E-state index contributed by atoms with van der Waals surface area (Å²) in [5, 5.41) is 4.70. The van der Waals surface area contributed by atoms with Gasteiger partial charge in [0.1, 0.15) is 5.75 Å². The Bertz CT molecular complexity index is 723. The van der Waals surface area contributed by atoms with Crippen LogP contribution < -0.4 is 19.6 Å². The molecule has 0 atom stereocenters. The number of hydrazone groups is 1. The second-order valence-electron chi connectivity index (χ2n) is 4.46. The van der Waals surface area contributed by atoms with Crippen molar-refractivity contribution >= 4 is 39.4 Å². The Hall–Kier alpha value is -1.92. The summed E-state index contributed by atoms with van der Waals surface area (Å²) in [5.41, 5.74) is 4.52. The molecule has 0 saturated carbocycles. The largest absolute Gasteiger partial charge is 0.495 e. The van der Waals surface area contributed by atoms with Gasteiger partial charge in [-0.1, -0.05) is 11.6 Å². The van der Waals surface area contributed by atoms with Crippen LogP contribution in [0, 0.1) is 0 Å². The quantitative estimate of drug-likeness (QED) is 0.571. The zero-order chi connectivity index (χ0) is 16.8. The fourth-order valence-corrected chi connectivity index (χ4v) is 2.81. The number of anilines is 1. The van der Waals surface area contributed by atoms with Gasteiger partial charge in [-0.05, 0) is 51.8 Å². The van der Waals surface area contributed by atoms with Crippen molar-refractivity contribution in [2.24, 2.45) is 5.10 Å². The lowest BCUT2D eigenvalue weighted by Gasteiger charge is -2.10. The molecule has 23 heavy (non-hydrogen) atoms. The Morgan fingerprint density at radius 1 is 1.04 bits per heavy atom. The molecule has 2 aromatic rings. The summed E-state index contributed by atoms with van der Waals surface area (Å²) in [6.07, 6.45) is 1.67. The molecule has 2 aromatic carbocycles. The summed E-state index contributed by atoms with van der Waals surface area (Å²) < 4.78 is 16.5. The second kappa shape index (κ2) is 8.08. The number of nitrogens with zero attached hydrogens (tertiary/aromatic N) is 1. The minimum atomic E-state index is 0.515. The highest BCUT2D eigenvalue weighted by molar-refractivity contribution is 9.10.